The summed E-state index contributed by atoms with van der Waals surface area (Å²) in [5, 5.41) is 0. The number of carbonyl (C=O) groups is 1. The maximum Gasteiger partial charge on any atom is 0.308 e. The second-order valence-electron chi connectivity index (χ2n) is 5.69. The van der Waals surface area contributed by atoms with Gasteiger partial charge in [-0.15, -0.1) is 0 Å². The van der Waals surface area contributed by atoms with Gasteiger partial charge in [-0.05, 0) is 48.5 Å². The van der Waals surface area contributed by atoms with E-state index in [0.717, 1.165) is 18.2 Å². The van der Waals surface area contributed by atoms with Crippen LogP contribution in [0, 0.1) is 11.6 Å². The summed E-state index contributed by atoms with van der Waals surface area (Å²) >= 11 is 0. The molecule has 0 heterocycles. The predicted octanol–water partition coefficient (Wildman–Crippen LogP) is 4.39. The molecule has 27 heavy (non-hydrogen) atoms. The number of sulfone groups is 1. The summed E-state index contributed by atoms with van der Waals surface area (Å²) in [6.07, 6.45) is 0. The summed E-state index contributed by atoms with van der Waals surface area (Å²) in [4.78, 5) is 11.0. The van der Waals surface area contributed by atoms with E-state index in [4.69, 9.17) is 4.74 Å². The van der Waals surface area contributed by atoms with Gasteiger partial charge in [-0.1, -0.05) is 18.2 Å². The molecular weight excluding hydrogens is 374 g/mol. The standard InChI is InChI=1S/C20H14F2O4S/c1-13(23)26-20-10-7-14(21)11-18(20)17-9-8-16(12-19(17)22)27(24,25)15-5-3-2-4-6-15/h2-12H,1H3. The van der Waals surface area contributed by atoms with Gasteiger partial charge in [0.05, 0.1) is 9.79 Å². The molecule has 0 unspecified atom stereocenters. The lowest BCUT2D eigenvalue weighted by Crippen LogP contribution is -2.05. The third-order valence-corrected chi connectivity index (χ3v) is 5.56. The molecule has 0 fully saturated rings. The normalized spacial score (nSPS) is 11.2. The lowest BCUT2D eigenvalue weighted by Gasteiger charge is -2.12. The van der Waals surface area contributed by atoms with Gasteiger partial charge in [0.25, 0.3) is 0 Å². The first-order valence-corrected chi connectivity index (χ1v) is 9.35. The van der Waals surface area contributed by atoms with Gasteiger partial charge in [0.2, 0.25) is 9.84 Å². The van der Waals surface area contributed by atoms with Crippen LogP contribution >= 0.6 is 0 Å². The minimum absolute atomic E-state index is 0.00589. The maximum atomic E-state index is 14.7. The third-order valence-electron chi connectivity index (χ3n) is 3.79. The third kappa shape index (κ3) is 3.88. The van der Waals surface area contributed by atoms with Crippen LogP contribution in [-0.4, -0.2) is 14.4 Å². The van der Waals surface area contributed by atoms with Crippen LogP contribution in [0.3, 0.4) is 0 Å². The number of hydrogen-bond donors (Lipinski definition) is 0. The lowest BCUT2D eigenvalue weighted by molar-refractivity contribution is -0.131. The van der Waals surface area contributed by atoms with Crippen LogP contribution in [-0.2, 0) is 14.6 Å². The molecule has 0 aliphatic carbocycles. The van der Waals surface area contributed by atoms with Crippen LogP contribution in [0.1, 0.15) is 6.92 Å². The highest BCUT2D eigenvalue weighted by atomic mass is 32.2. The van der Waals surface area contributed by atoms with Crippen molar-refractivity contribution in [1.82, 2.24) is 0 Å². The minimum Gasteiger partial charge on any atom is -0.426 e. The zero-order chi connectivity index (χ0) is 19.6. The first kappa shape index (κ1) is 18.7. The summed E-state index contributed by atoms with van der Waals surface area (Å²) in [7, 11) is -3.90. The minimum atomic E-state index is -3.90. The van der Waals surface area contributed by atoms with Gasteiger partial charge in [-0.2, -0.15) is 0 Å². The molecule has 0 N–H and O–H groups in total. The Morgan fingerprint density at radius 1 is 0.852 bits per heavy atom. The number of carbonyl (C=O) groups excluding carboxylic acids is 1. The molecule has 0 aliphatic heterocycles. The molecule has 0 aliphatic rings. The molecule has 138 valence electrons. The Balaban J connectivity index is 2.09. The molecule has 0 atom stereocenters. The number of esters is 1. The van der Waals surface area contributed by atoms with Crippen molar-refractivity contribution in [3.05, 3.63) is 78.4 Å². The zero-order valence-corrected chi connectivity index (χ0v) is 15.0. The van der Waals surface area contributed by atoms with Crippen LogP contribution < -0.4 is 4.74 Å². The van der Waals surface area contributed by atoms with E-state index in [0.29, 0.717) is 0 Å². The SMILES string of the molecule is CC(=O)Oc1ccc(F)cc1-c1ccc(S(=O)(=O)c2ccccc2)cc1F. The van der Waals surface area contributed by atoms with Gasteiger partial charge in [-0.25, -0.2) is 17.2 Å². The smallest absolute Gasteiger partial charge is 0.308 e. The molecule has 4 nitrogen and oxygen atoms in total. The van der Waals surface area contributed by atoms with Gasteiger partial charge in [-0.3, -0.25) is 4.79 Å². The second-order valence-corrected chi connectivity index (χ2v) is 7.64. The molecule has 0 saturated carbocycles. The first-order chi connectivity index (χ1) is 12.8. The molecule has 7 heteroatoms. The summed E-state index contributed by atoms with van der Waals surface area (Å²) in [5.74, 6) is -2.21. The van der Waals surface area contributed by atoms with Crippen molar-refractivity contribution in [3.8, 4) is 16.9 Å². The molecule has 3 aromatic carbocycles. The van der Waals surface area contributed by atoms with Crippen molar-refractivity contribution in [2.24, 2.45) is 0 Å². The molecule has 0 radical (unpaired) electrons. The van der Waals surface area contributed by atoms with Gasteiger partial charge in [0, 0.05) is 18.1 Å². The van der Waals surface area contributed by atoms with Crippen molar-refractivity contribution in [3.63, 3.8) is 0 Å². The van der Waals surface area contributed by atoms with Gasteiger partial charge >= 0.3 is 5.97 Å². The van der Waals surface area contributed by atoms with Crippen molar-refractivity contribution < 1.29 is 26.7 Å². The molecule has 0 amide bonds. The fourth-order valence-electron chi connectivity index (χ4n) is 2.57. The van der Waals surface area contributed by atoms with E-state index < -0.39 is 27.4 Å². The predicted molar refractivity (Wildman–Crippen MR) is 95.0 cm³/mol. The van der Waals surface area contributed by atoms with Gasteiger partial charge in [0.1, 0.15) is 17.4 Å². The first-order valence-electron chi connectivity index (χ1n) is 7.87. The van der Waals surface area contributed by atoms with Crippen molar-refractivity contribution in [1.29, 1.82) is 0 Å². The molecule has 0 aromatic heterocycles. The van der Waals surface area contributed by atoms with Crippen LogP contribution in [0.25, 0.3) is 11.1 Å². The van der Waals surface area contributed by atoms with Crippen LogP contribution in [0.4, 0.5) is 8.78 Å². The fourth-order valence-corrected chi connectivity index (χ4v) is 3.87. The molecule has 0 spiro atoms. The fraction of sp³-hybridized carbons (Fsp3) is 0.0500. The topological polar surface area (TPSA) is 60.4 Å². The Labute approximate surface area is 155 Å². The number of halogens is 2. The molecule has 0 bridgehead atoms. The van der Waals surface area contributed by atoms with E-state index in [-0.39, 0.29) is 26.7 Å². The Morgan fingerprint density at radius 3 is 2.19 bits per heavy atom. The van der Waals surface area contributed by atoms with Gasteiger partial charge in [0.15, 0.2) is 0 Å². The summed E-state index contributed by atoms with van der Waals surface area (Å²) in [6.45, 7) is 1.17. The van der Waals surface area contributed by atoms with E-state index in [2.05, 4.69) is 0 Å². The van der Waals surface area contributed by atoms with E-state index >= 15 is 0 Å². The average Bonchev–Trinajstić information content (AvgIpc) is 2.63. The van der Waals surface area contributed by atoms with Crippen molar-refractivity contribution >= 4 is 15.8 Å². The van der Waals surface area contributed by atoms with Crippen molar-refractivity contribution in [2.45, 2.75) is 16.7 Å². The van der Waals surface area contributed by atoms with E-state index in [9.17, 15) is 22.0 Å². The zero-order valence-electron chi connectivity index (χ0n) is 14.1. The summed E-state index contributed by atoms with van der Waals surface area (Å²) < 4.78 is 58.5. The molecule has 3 rings (SSSR count). The number of rotatable bonds is 4. The second kappa shape index (κ2) is 7.28. The molecule has 0 saturated heterocycles. The molecule has 3 aromatic rings. The average molecular weight is 388 g/mol. The summed E-state index contributed by atoms with van der Waals surface area (Å²) in [6, 6.07) is 14.2. The monoisotopic (exact) mass is 388 g/mol. The maximum absolute atomic E-state index is 14.7. The number of ether oxygens (including phenoxy) is 1. The van der Waals surface area contributed by atoms with E-state index in [1.165, 1.54) is 37.3 Å². The van der Waals surface area contributed by atoms with Crippen LogP contribution in [0.15, 0.2) is 76.5 Å². The van der Waals surface area contributed by atoms with E-state index in [1.807, 2.05) is 0 Å². The highest BCUT2D eigenvalue weighted by Crippen LogP contribution is 2.34. The number of benzene rings is 3. The Bertz CT molecular complexity index is 1110. The lowest BCUT2D eigenvalue weighted by atomic mass is 10.0. The van der Waals surface area contributed by atoms with Gasteiger partial charge < -0.3 is 4.74 Å². The highest BCUT2D eigenvalue weighted by molar-refractivity contribution is 7.91. The van der Waals surface area contributed by atoms with Crippen LogP contribution in [0.2, 0.25) is 0 Å². The Hall–Kier alpha value is -3.06. The molecular formula is C20H14F2O4S. The largest absolute Gasteiger partial charge is 0.426 e. The Morgan fingerprint density at radius 2 is 1.56 bits per heavy atom. The van der Waals surface area contributed by atoms with E-state index in [1.54, 1.807) is 18.2 Å². The van der Waals surface area contributed by atoms with Crippen LogP contribution in [0.5, 0.6) is 5.75 Å². The highest BCUT2D eigenvalue weighted by Gasteiger charge is 2.21. The quantitative estimate of drug-likeness (QED) is 0.491. The van der Waals surface area contributed by atoms with Crippen molar-refractivity contribution in [2.75, 3.05) is 0 Å². The number of hydrogen-bond acceptors (Lipinski definition) is 4. The Kier molecular flexibility index (Phi) is 5.05. The summed E-state index contributed by atoms with van der Waals surface area (Å²) in [5.41, 5.74) is -0.0795.